The fourth-order valence-corrected chi connectivity index (χ4v) is 3.19. The summed E-state index contributed by atoms with van der Waals surface area (Å²) >= 11 is 0. The highest BCUT2D eigenvalue weighted by atomic mass is 16.5. The largest absolute Gasteiger partial charge is 0.373 e. The Morgan fingerprint density at radius 3 is 3.18 bits per heavy atom. The number of aryl methyl sites for hydroxylation is 1. The molecule has 2 atom stereocenters. The molecule has 0 radical (unpaired) electrons. The van der Waals surface area contributed by atoms with Crippen molar-refractivity contribution < 1.29 is 4.74 Å². The van der Waals surface area contributed by atoms with Crippen LogP contribution in [0.5, 0.6) is 0 Å². The van der Waals surface area contributed by atoms with Crippen molar-refractivity contribution in [1.82, 2.24) is 25.3 Å². The average Bonchev–Trinajstić information content (AvgIpc) is 3.15. The molecular weight excluding hydrogens is 280 g/mol. The van der Waals surface area contributed by atoms with Gasteiger partial charge in [-0.3, -0.25) is 14.6 Å². The van der Waals surface area contributed by atoms with Crippen molar-refractivity contribution in [1.29, 1.82) is 0 Å². The lowest BCUT2D eigenvalue weighted by atomic mass is 10.2. The molecule has 7 nitrogen and oxygen atoms in total. The van der Waals surface area contributed by atoms with Gasteiger partial charge in [-0.25, -0.2) is 0 Å². The van der Waals surface area contributed by atoms with Crippen LogP contribution < -0.4 is 10.6 Å². The third-order valence-corrected chi connectivity index (χ3v) is 4.54. The highest BCUT2D eigenvalue weighted by Crippen LogP contribution is 2.22. The Morgan fingerprint density at radius 2 is 2.41 bits per heavy atom. The van der Waals surface area contributed by atoms with Crippen molar-refractivity contribution in [2.24, 2.45) is 12.0 Å². The number of rotatable bonds is 4. The highest BCUT2D eigenvalue weighted by Gasteiger charge is 2.32. The number of morpholine rings is 1. The molecule has 0 amide bonds. The highest BCUT2D eigenvalue weighted by molar-refractivity contribution is 5.79. The van der Waals surface area contributed by atoms with Crippen LogP contribution in [0.25, 0.3) is 0 Å². The third-order valence-electron chi connectivity index (χ3n) is 4.54. The number of hydrogen-bond acceptors (Lipinski definition) is 4. The maximum Gasteiger partial charge on any atom is 0.191 e. The monoisotopic (exact) mass is 306 g/mol. The maximum atomic E-state index is 5.96. The molecule has 2 N–H and O–H groups in total. The molecule has 0 bridgehead atoms. The van der Waals surface area contributed by atoms with Crippen LogP contribution in [0.4, 0.5) is 0 Å². The zero-order valence-corrected chi connectivity index (χ0v) is 13.5. The van der Waals surface area contributed by atoms with Gasteiger partial charge in [0.25, 0.3) is 0 Å². The Balaban J connectivity index is 1.42. The SMILES string of the molecule is CN=C(NCc1ccnn1C)NCC1CN2CCCC2CO1. The van der Waals surface area contributed by atoms with Gasteiger partial charge in [-0.1, -0.05) is 0 Å². The Morgan fingerprint density at radius 1 is 1.50 bits per heavy atom. The van der Waals surface area contributed by atoms with E-state index in [-0.39, 0.29) is 6.10 Å². The van der Waals surface area contributed by atoms with E-state index in [1.54, 1.807) is 13.2 Å². The molecule has 7 heteroatoms. The number of ether oxygens (including phenoxy) is 1. The summed E-state index contributed by atoms with van der Waals surface area (Å²) in [4.78, 5) is 6.82. The second kappa shape index (κ2) is 7.11. The smallest absolute Gasteiger partial charge is 0.191 e. The Labute approximate surface area is 131 Å². The van der Waals surface area contributed by atoms with E-state index in [2.05, 4.69) is 25.6 Å². The van der Waals surface area contributed by atoms with Crippen LogP contribution in [0.1, 0.15) is 18.5 Å². The lowest BCUT2D eigenvalue weighted by Gasteiger charge is -2.35. The number of nitrogens with one attached hydrogen (secondary N) is 2. The molecule has 2 unspecified atom stereocenters. The topological polar surface area (TPSA) is 66.7 Å². The van der Waals surface area contributed by atoms with Crippen molar-refractivity contribution in [3.8, 4) is 0 Å². The summed E-state index contributed by atoms with van der Waals surface area (Å²) in [5.74, 6) is 0.799. The number of fused-ring (bicyclic) bond motifs is 1. The van der Waals surface area contributed by atoms with Crippen LogP contribution in [0.3, 0.4) is 0 Å². The van der Waals surface area contributed by atoms with Crippen LogP contribution in [0.15, 0.2) is 17.3 Å². The van der Waals surface area contributed by atoms with E-state index in [0.29, 0.717) is 12.6 Å². The van der Waals surface area contributed by atoms with E-state index in [1.165, 1.54) is 19.4 Å². The van der Waals surface area contributed by atoms with Crippen LogP contribution >= 0.6 is 0 Å². The Bertz CT molecular complexity index is 514. The lowest BCUT2D eigenvalue weighted by Crippen LogP contribution is -2.51. The number of aromatic nitrogens is 2. The first kappa shape index (κ1) is 15.3. The molecule has 0 spiro atoms. The van der Waals surface area contributed by atoms with Crippen LogP contribution in [-0.4, -0.2) is 66.1 Å². The molecule has 3 heterocycles. The van der Waals surface area contributed by atoms with E-state index >= 15 is 0 Å². The summed E-state index contributed by atoms with van der Waals surface area (Å²) in [5.41, 5.74) is 1.12. The van der Waals surface area contributed by atoms with Crippen LogP contribution in [0, 0.1) is 0 Å². The molecule has 22 heavy (non-hydrogen) atoms. The van der Waals surface area contributed by atoms with Gasteiger partial charge in [-0.2, -0.15) is 5.10 Å². The molecule has 1 aromatic rings. The van der Waals surface area contributed by atoms with Gasteiger partial charge >= 0.3 is 0 Å². The third kappa shape index (κ3) is 3.59. The fourth-order valence-electron chi connectivity index (χ4n) is 3.19. The number of hydrogen-bond donors (Lipinski definition) is 2. The Kier molecular flexibility index (Phi) is 4.94. The zero-order chi connectivity index (χ0) is 15.4. The van der Waals surface area contributed by atoms with Crippen molar-refractivity contribution in [2.75, 3.05) is 33.3 Å². The molecule has 1 aromatic heterocycles. The number of aliphatic imine (C=N–C) groups is 1. The van der Waals surface area contributed by atoms with Crippen LogP contribution in [-0.2, 0) is 18.3 Å². The van der Waals surface area contributed by atoms with Crippen molar-refractivity contribution in [3.05, 3.63) is 18.0 Å². The standard InChI is InChI=1S/C15H26N6O/c1-16-15(17-8-12-5-6-19-20(12)2)18-9-14-10-21-7-3-4-13(21)11-22-14/h5-6,13-14H,3-4,7-11H2,1-2H3,(H2,16,17,18). The molecule has 2 fully saturated rings. The summed E-state index contributed by atoms with van der Waals surface area (Å²) < 4.78 is 7.81. The average molecular weight is 306 g/mol. The minimum Gasteiger partial charge on any atom is -0.373 e. The molecule has 2 aliphatic rings. The summed E-state index contributed by atoms with van der Waals surface area (Å²) in [6, 6.07) is 2.65. The Hall–Kier alpha value is -1.60. The van der Waals surface area contributed by atoms with Crippen LogP contribution in [0.2, 0.25) is 0 Å². The van der Waals surface area contributed by atoms with Gasteiger partial charge < -0.3 is 15.4 Å². The van der Waals surface area contributed by atoms with E-state index < -0.39 is 0 Å². The first-order valence-electron chi connectivity index (χ1n) is 8.03. The van der Waals surface area contributed by atoms with Crippen molar-refractivity contribution in [3.63, 3.8) is 0 Å². The van der Waals surface area contributed by atoms with E-state index in [4.69, 9.17) is 4.74 Å². The predicted molar refractivity (Wildman–Crippen MR) is 85.7 cm³/mol. The molecule has 3 rings (SSSR count). The summed E-state index contributed by atoms with van der Waals surface area (Å²) in [5, 5.41) is 10.8. The predicted octanol–water partition coefficient (Wildman–Crippen LogP) is -0.0517. The molecule has 2 saturated heterocycles. The minimum absolute atomic E-state index is 0.240. The fraction of sp³-hybridized carbons (Fsp3) is 0.733. The first-order chi connectivity index (χ1) is 10.8. The molecule has 0 aliphatic carbocycles. The van der Waals surface area contributed by atoms with Gasteiger partial charge in [0, 0.05) is 39.4 Å². The molecule has 0 aromatic carbocycles. The normalized spacial score (nSPS) is 26.0. The number of nitrogens with zero attached hydrogens (tertiary/aromatic N) is 4. The summed E-state index contributed by atoms with van der Waals surface area (Å²) in [6.45, 7) is 4.60. The maximum absolute atomic E-state index is 5.96. The van der Waals surface area contributed by atoms with Gasteiger partial charge in [-0.15, -0.1) is 0 Å². The van der Waals surface area contributed by atoms with Gasteiger partial charge in [0.2, 0.25) is 0 Å². The van der Waals surface area contributed by atoms with Crippen molar-refractivity contribution in [2.45, 2.75) is 31.5 Å². The van der Waals surface area contributed by atoms with Gasteiger partial charge in [-0.05, 0) is 25.5 Å². The van der Waals surface area contributed by atoms with Gasteiger partial charge in [0.15, 0.2) is 5.96 Å². The second-order valence-electron chi connectivity index (χ2n) is 6.00. The second-order valence-corrected chi connectivity index (χ2v) is 6.00. The zero-order valence-electron chi connectivity index (χ0n) is 13.5. The van der Waals surface area contributed by atoms with E-state index in [0.717, 1.165) is 31.3 Å². The summed E-state index contributed by atoms with van der Waals surface area (Å²) in [6.07, 6.45) is 4.63. The minimum atomic E-state index is 0.240. The molecule has 2 aliphatic heterocycles. The van der Waals surface area contributed by atoms with Crippen molar-refractivity contribution >= 4 is 5.96 Å². The first-order valence-corrected chi connectivity index (χ1v) is 8.03. The number of guanidine groups is 1. The summed E-state index contributed by atoms with van der Waals surface area (Å²) in [7, 11) is 3.73. The van der Waals surface area contributed by atoms with E-state index in [1.807, 2.05) is 17.8 Å². The molecule has 0 saturated carbocycles. The van der Waals surface area contributed by atoms with Gasteiger partial charge in [0.05, 0.1) is 24.9 Å². The lowest BCUT2D eigenvalue weighted by molar-refractivity contribution is -0.0453. The quantitative estimate of drug-likeness (QED) is 0.603. The molecule has 122 valence electrons. The molecular formula is C15H26N6O. The van der Waals surface area contributed by atoms with Gasteiger partial charge in [0.1, 0.15) is 0 Å². The van der Waals surface area contributed by atoms with E-state index in [9.17, 15) is 0 Å².